The van der Waals surface area contributed by atoms with Gasteiger partial charge in [-0.15, -0.1) is 0 Å². The molecule has 3 N–H and O–H groups in total. The van der Waals surface area contributed by atoms with E-state index in [2.05, 4.69) is 20.6 Å². The van der Waals surface area contributed by atoms with Crippen molar-refractivity contribution in [3.63, 3.8) is 0 Å². The number of aromatic nitrogens is 2. The van der Waals surface area contributed by atoms with Crippen LogP contribution in [0.5, 0.6) is 0 Å². The highest BCUT2D eigenvalue weighted by atomic mass is 19.1. The average Bonchev–Trinajstić information content (AvgIpc) is 3.04. The molecule has 1 amide bonds. The van der Waals surface area contributed by atoms with Crippen LogP contribution in [-0.2, 0) is 0 Å². The number of benzene rings is 2. The lowest BCUT2D eigenvalue weighted by Gasteiger charge is -2.13. The maximum absolute atomic E-state index is 14.1. The van der Waals surface area contributed by atoms with Crippen molar-refractivity contribution in [3.8, 4) is 0 Å². The minimum Gasteiger partial charge on any atom is -0.381 e. The lowest BCUT2D eigenvalue weighted by molar-refractivity contribution is 0.102. The summed E-state index contributed by atoms with van der Waals surface area (Å²) in [5.41, 5.74) is 1.83. The summed E-state index contributed by atoms with van der Waals surface area (Å²) in [5, 5.41) is 5.49. The number of imidazole rings is 1. The summed E-state index contributed by atoms with van der Waals surface area (Å²) in [4.78, 5) is 21.4. The Balaban J connectivity index is 1.79. The van der Waals surface area contributed by atoms with Crippen molar-refractivity contribution in [2.45, 2.75) is 0 Å². The summed E-state index contributed by atoms with van der Waals surface area (Å²) < 4.78 is 28.0. The van der Waals surface area contributed by atoms with E-state index in [0.29, 0.717) is 24.8 Å². The van der Waals surface area contributed by atoms with Gasteiger partial charge in [-0.25, -0.2) is 13.8 Å². The molecule has 1 aromatic heterocycles. The Labute approximate surface area is 149 Å². The fraction of sp³-hybridized carbons (Fsp3) is 0.222. The van der Waals surface area contributed by atoms with E-state index >= 15 is 0 Å². The third kappa shape index (κ3) is 3.97. The molecular formula is C18H19F2N5O. The first-order valence-electron chi connectivity index (χ1n) is 8.06. The van der Waals surface area contributed by atoms with E-state index in [-0.39, 0.29) is 11.3 Å². The third-order valence-electron chi connectivity index (χ3n) is 3.85. The maximum Gasteiger partial charge on any atom is 0.258 e. The molecule has 26 heavy (non-hydrogen) atoms. The topological polar surface area (TPSA) is 73.1 Å². The zero-order chi connectivity index (χ0) is 18.7. The fourth-order valence-electron chi connectivity index (χ4n) is 2.48. The number of hydrogen-bond acceptors (Lipinski definition) is 4. The molecule has 0 fully saturated rings. The first kappa shape index (κ1) is 17.8. The van der Waals surface area contributed by atoms with E-state index in [1.165, 1.54) is 6.07 Å². The van der Waals surface area contributed by atoms with E-state index in [1.54, 1.807) is 24.5 Å². The quantitative estimate of drug-likeness (QED) is 0.632. The Kier molecular flexibility index (Phi) is 5.13. The number of likely N-dealkylation sites (N-methyl/N-ethyl adjacent to an activating group) is 1. The van der Waals surface area contributed by atoms with Gasteiger partial charge in [0.25, 0.3) is 5.91 Å². The third-order valence-corrected chi connectivity index (χ3v) is 3.85. The van der Waals surface area contributed by atoms with Crippen LogP contribution in [0.15, 0.2) is 36.7 Å². The second-order valence-electron chi connectivity index (χ2n) is 6.13. The number of carbonyl (C=O) groups is 1. The number of nitrogens with zero attached hydrogens (tertiary/aromatic N) is 2. The largest absolute Gasteiger partial charge is 0.381 e. The molecule has 0 radical (unpaired) electrons. The molecule has 0 bridgehead atoms. The summed E-state index contributed by atoms with van der Waals surface area (Å²) in [7, 11) is 3.77. The molecule has 0 atom stereocenters. The van der Waals surface area contributed by atoms with Gasteiger partial charge in [0.1, 0.15) is 11.6 Å². The van der Waals surface area contributed by atoms with Crippen molar-refractivity contribution in [3.05, 3.63) is 53.9 Å². The van der Waals surface area contributed by atoms with Gasteiger partial charge in [0.05, 0.1) is 28.6 Å². The number of anilines is 2. The molecule has 0 saturated carbocycles. The number of fused-ring (bicyclic) bond motifs is 1. The van der Waals surface area contributed by atoms with Gasteiger partial charge < -0.3 is 20.5 Å². The minimum absolute atomic E-state index is 0.0856. The molecule has 8 heteroatoms. The summed E-state index contributed by atoms with van der Waals surface area (Å²) in [6, 6.07) is 6.99. The van der Waals surface area contributed by atoms with Gasteiger partial charge >= 0.3 is 0 Å². The fourth-order valence-corrected chi connectivity index (χ4v) is 2.48. The Morgan fingerprint density at radius 2 is 2.00 bits per heavy atom. The van der Waals surface area contributed by atoms with Crippen LogP contribution in [0.4, 0.5) is 20.2 Å². The highest BCUT2D eigenvalue weighted by Crippen LogP contribution is 2.22. The summed E-state index contributed by atoms with van der Waals surface area (Å²) in [6.45, 7) is 1.13. The zero-order valence-corrected chi connectivity index (χ0v) is 14.4. The van der Waals surface area contributed by atoms with Crippen molar-refractivity contribution in [2.24, 2.45) is 0 Å². The van der Waals surface area contributed by atoms with Gasteiger partial charge in [-0.3, -0.25) is 4.79 Å². The minimum atomic E-state index is -0.916. The van der Waals surface area contributed by atoms with Gasteiger partial charge in [-0.1, -0.05) is 0 Å². The van der Waals surface area contributed by atoms with Crippen LogP contribution in [0.1, 0.15) is 10.4 Å². The second kappa shape index (κ2) is 7.49. The van der Waals surface area contributed by atoms with Gasteiger partial charge in [0.15, 0.2) is 0 Å². The number of H-pyrrole nitrogens is 1. The lowest BCUT2D eigenvalue weighted by Crippen LogP contribution is -2.21. The highest BCUT2D eigenvalue weighted by molar-refractivity contribution is 6.05. The van der Waals surface area contributed by atoms with Crippen LogP contribution in [0.2, 0.25) is 0 Å². The van der Waals surface area contributed by atoms with E-state index in [9.17, 15) is 13.6 Å². The van der Waals surface area contributed by atoms with Crippen LogP contribution in [0, 0.1) is 11.6 Å². The Bertz CT molecular complexity index is 938. The number of aromatic amines is 1. The van der Waals surface area contributed by atoms with Gasteiger partial charge in [-0.05, 0) is 38.4 Å². The van der Waals surface area contributed by atoms with Crippen molar-refractivity contribution >= 4 is 28.3 Å². The number of rotatable bonds is 6. The number of amides is 1. The van der Waals surface area contributed by atoms with E-state index in [4.69, 9.17) is 0 Å². The van der Waals surface area contributed by atoms with Crippen LogP contribution in [-0.4, -0.2) is 48.0 Å². The smallest absolute Gasteiger partial charge is 0.258 e. The van der Waals surface area contributed by atoms with Crippen LogP contribution in [0.25, 0.3) is 11.0 Å². The standard InChI is InChI=1S/C18H19F2N5O/c1-25(2)6-5-21-16-8-12(13(19)9-14(16)20)18(26)24-11-3-4-15-17(7-11)23-10-22-15/h3-4,7-10,21H,5-6H2,1-2H3,(H,22,23)(H,24,26). The van der Waals surface area contributed by atoms with E-state index in [1.807, 2.05) is 19.0 Å². The molecule has 0 aliphatic carbocycles. The molecule has 3 aromatic rings. The van der Waals surface area contributed by atoms with Crippen molar-refractivity contribution in [2.75, 3.05) is 37.8 Å². The first-order chi connectivity index (χ1) is 12.4. The summed E-state index contributed by atoms with van der Waals surface area (Å²) in [6.07, 6.45) is 1.54. The van der Waals surface area contributed by atoms with Gasteiger partial charge in [0.2, 0.25) is 0 Å². The molecule has 3 rings (SSSR count). The molecular weight excluding hydrogens is 340 g/mol. The molecule has 0 aliphatic heterocycles. The predicted molar refractivity (Wildman–Crippen MR) is 97.4 cm³/mol. The van der Waals surface area contributed by atoms with E-state index < -0.39 is 17.5 Å². The first-order valence-corrected chi connectivity index (χ1v) is 8.06. The van der Waals surface area contributed by atoms with Crippen LogP contribution < -0.4 is 10.6 Å². The van der Waals surface area contributed by atoms with Gasteiger partial charge in [-0.2, -0.15) is 0 Å². The van der Waals surface area contributed by atoms with Gasteiger partial charge in [0, 0.05) is 24.8 Å². The molecule has 0 spiro atoms. The molecule has 0 unspecified atom stereocenters. The zero-order valence-electron chi connectivity index (χ0n) is 14.4. The van der Waals surface area contributed by atoms with Crippen LogP contribution >= 0.6 is 0 Å². The normalized spacial score (nSPS) is 11.1. The van der Waals surface area contributed by atoms with Crippen molar-refractivity contribution in [1.82, 2.24) is 14.9 Å². The number of halogens is 2. The van der Waals surface area contributed by atoms with Crippen molar-refractivity contribution < 1.29 is 13.6 Å². The highest BCUT2D eigenvalue weighted by Gasteiger charge is 2.16. The Morgan fingerprint density at radius 1 is 1.19 bits per heavy atom. The Morgan fingerprint density at radius 3 is 2.77 bits per heavy atom. The Hall–Kier alpha value is -3.00. The number of nitrogens with one attached hydrogen (secondary N) is 3. The molecule has 1 heterocycles. The van der Waals surface area contributed by atoms with Crippen LogP contribution in [0.3, 0.4) is 0 Å². The van der Waals surface area contributed by atoms with Crippen molar-refractivity contribution in [1.29, 1.82) is 0 Å². The van der Waals surface area contributed by atoms with E-state index in [0.717, 1.165) is 11.0 Å². The second-order valence-corrected chi connectivity index (χ2v) is 6.13. The summed E-state index contributed by atoms with van der Waals surface area (Å²) >= 11 is 0. The monoisotopic (exact) mass is 359 g/mol. The SMILES string of the molecule is CN(C)CCNc1cc(C(=O)Nc2ccc3nc[nH]c3c2)c(F)cc1F. The number of carbonyl (C=O) groups excluding carboxylic acids is 1. The molecule has 2 aromatic carbocycles. The predicted octanol–water partition coefficient (Wildman–Crippen LogP) is 3.07. The molecule has 6 nitrogen and oxygen atoms in total. The number of hydrogen-bond donors (Lipinski definition) is 3. The summed E-state index contributed by atoms with van der Waals surface area (Å²) in [5.74, 6) is -2.31. The lowest BCUT2D eigenvalue weighted by atomic mass is 10.1. The molecule has 0 saturated heterocycles. The maximum atomic E-state index is 14.1. The molecule has 0 aliphatic rings. The molecule has 136 valence electrons. The average molecular weight is 359 g/mol.